The quantitative estimate of drug-likeness (QED) is 0.923. The van der Waals surface area contributed by atoms with Gasteiger partial charge in [-0.1, -0.05) is 6.07 Å². The summed E-state index contributed by atoms with van der Waals surface area (Å²) in [6.07, 6.45) is 3.27. The lowest BCUT2D eigenvalue weighted by Crippen LogP contribution is -2.27. The van der Waals surface area contributed by atoms with Gasteiger partial charge in [0.2, 0.25) is 0 Å². The molecule has 1 saturated heterocycles. The molecule has 21 heavy (non-hydrogen) atoms. The number of carbonyl (C=O) groups is 1. The average molecular weight is 291 g/mol. The monoisotopic (exact) mass is 291 g/mol. The van der Waals surface area contributed by atoms with E-state index < -0.39 is 5.97 Å². The molecule has 0 aromatic heterocycles. The molecule has 2 heterocycles. The summed E-state index contributed by atoms with van der Waals surface area (Å²) >= 11 is 0. The van der Waals surface area contributed by atoms with Crippen LogP contribution in [0.5, 0.6) is 11.5 Å². The number of rotatable bonds is 4. The van der Waals surface area contributed by atoms with Crippen LogP contribution in [0.15, 0.2) is 18.2 Å². The van der Waals surface area contributed by atoms with Crippen molar-refractivity contribution >= 4 is 5.97 Å². The molecule has 5 nitrogen and oxygen atoms in total. The van der Waals surface area contributed by atoms with Gasteiger partial charge in [-0.25, -0.2) is 0 Å². The minimum atomic E-state index is -0.765. The van der Waals surface area contributed by atoms with Gasteiger partial charge in [0, 0.05) is 12.5 Å². The number of carboxylic acids is 1. The topological polar surface area (TPSA) is 59.0 Å². The average Bonchev–Trinajstić information content (AvgIpc) is 2.89. The lowest BCUT2D eigenvalue weighted by atomic mass is 10.0. The molecule has 114 valence electrons. The maximum atomic E-state index is 11.2. The van der Waals surface area contributed by atoms with Crippen LogP contribution >= 0.6 is 0 Å². The van der Waals surface area contributed by atoms with E-state index >= 15 is 0 Å². The van der Waals surface area contributed by atoms with Crippen LogP contribution in [-0.2, 0) is 4.79 Å². The summed E-state index contributed by atoms with van der Waals surface area (Å²) in [7, 11) is 0. The van der Waals surface area contributed by atoms with Crippen molar-refractivity contribution in [3.63, 3.8) is 0 Å². The van der Waals surface area contributed by atoms with E-state index in [-0.39, 0.29) is 12.5 Å². The second kappa shape index (κ2) is 6.35. The molecule has 2 aliphatic rings. The second-order valence-corrected chi connectivity index (χ2v) is 5.61. The molecule has 0 aliphatic carbocycles. The van der Waals surface area contributed by atoms with Crippen LogP contribution in [0.4, 0.5) is 0 Å². The Bertz CT molecular complexity index is 511. The van der Waals surface area contributed by atoms with Crippen molar-refractivity contribution in [3.05, 3.63) is 23.8 Å². The maximum absolute atomic E-state index is 11.2. The van der Waals surface area contributed by atoms with Crippen LogP contribution in [-0.4, -0.2) is 42.3 Å². The predicted octanol–water partition coefficient (Wildman–Crippen LogP) is 2.46. The number of carboxylic acid groups (broad SMARTS) is 1. The molecule has 1 aromatic rings. The number of nitrogens with zero attached hydrogens (tertiary/aromatic N) is 1. The Morgan fingerprint density at radius 3 is 2.57 bits per heavy atom. The first-order valence-corrected chi connectivity index (χ1v) is 7.59. The third kappa shape index (κ3) is 3.29. The molecule has 1 unspecified atom stereocenters. The Balaban J connectivity index is 1.87. The van der Waals surface area contributed by atoms with Crippen LogP contribution in [0.25, 0.3) is 0 Å². The van der Waals surface area contributed by atoms with E-state index in [9.17, 15) is 9.90 Å². The minimum Gasteiger partial charge on any atom is -0.490 e. The second-order valence-electron chi connectivity index (χ2n) is 5.61. The van der Waals surface area contributed by atoms with Crippen LogP contribution in [0, 0.1) is 0 Å². The first-order valence-electron chi connectivity index (χ1n) is 7.59. The van der Waals surface area contributed by atoms with Crippen molar-refractivity contribution in [2.75, 3.05) is 26.3 Å². The van der Waals surface area contributed by atoms with Gasteiger partial charge >= 0.3 is 5.97 Å². The molecule has 0 saturated carbocycles. The van der Waals surface area contributed by atoms with Crippen LogP contribution < -0.4 is 9.47 Å². The van der Waals surface area contributed by atoms with Crippen molar-refractivity contribution < 1.29 is 19.4 Å². The van der Waals surface area contributed by atoms with Crippen LogP contribution in [0.3, 0.4) is 0 Å². The summed E-state index contributed by atoms with van der Waals surface area (Å²) in [5.41, 5.74) is 1.00. The van der Waals surface area contributed by atoms with Gasteiger partial charge in [0.1, 0.15) is 0 Å². The van der Waals surface area contributed by atoms with Crippen molar-refractivity contribution in [1.29, 1.82) is 0 Å². The first-order chi connectivity index (χ1) is 10.2. The fraction of sp³-hybridized carbons (Fsp3) is 0.562. The molecule has 0 spiro atoms. The van der Waals surface area contributed by atoms with E-state index in [0.29, 0.717) is 13.2 Å². The maximum Gasteiger partial charge on any atom is 0.305 e. The zero-order chi connectivity index (χ0) is 14.7. The Morgan fingerprint density at radius 2 is 1.86 bits per heavy atom. The SMILES string of the molecule is O=C(O)CC(c1ccc2c(c1)OCCCO2)N1CCCC1. The van der Waals surface area contributed by atoms with Crippen molar-refractivity contribution in [2.45, 2.75) is 31.7 Å². The normalized spacial score (nSPS) is 20.0. The molecular formula is C16H21NO4. The van der Waals surface area contributed by atoms with Crippen molar-refractivity contribution in [2.24, 2.45) is 0 Å². The molecule has 1 atom stereocenters. The third-order valence-corrected chi connectivity index (χ3v) is 4.11. The highest BCUT2D eigenvalue weighted by atomic mass is 16.5. The molecule has 1 aromatic carbocycles. The van der Waals surface area contributed by atoms with Gasteiger partial charge in [-0.15, -0.1) is 0 Å². The fourth-order valence-corrected chi connectivity index (χ4v) is 3.06. The van der Waals surface area contributed by atoms with E-state index in [0.717, 1.165) is 49.4 Å². The number of hydrogen-bond acceptors (Lipinski definition) is 4. The molecule has 0 radical (unpaired) electrons. The van der Waals surface area contributed by atoms with Gasteiger partial charge in [-0.2, -0.15) is 0 Å². The molecule has 0 amide bonds. The fourth-order valence-electron chi connectivity index (χ4n) is 3.06. The van der Waals surface area contributed by atoms with E-state index in [1.54, 1.807) is 0 Å². The lowest BCUT2D eigenvalue weighted by molar-refractivity contribution is -0.138. The van der Waals surface area contributed by atoms with E-state index in [1.165, 1.54) is 0 Å². The molecular weight excluding hydrogens is 270 g/mol. The molecule has 2 aliphatic heterocycles. The number of benzene rings is 1. The lowest BCUT2D eigenvalue weighted by Gasteiger charge is -2.27. The van der Waals surface area contributed by atoms with Gasteiger partial charge < -0.3 is 14.6 Å². The van der Waals surface area contributed by atoms with Gasteiger partial charge in [0.15, 0.2) is 11.5 Å². The highest BCUT2D eigenvalue weighted by molar-refractivity contribution is 5.68. The Morgan fingerprint density at radius 1 is 1.14 bits per heavy atom. The summed E-state index contributed by atoms with van der Waals surface area (Å²) < 4.78 is 11.4. The summed E-state index contributed by atoms with van der Waals surface area (Å²) in [6, 6.07) is 5.74. The van der Waals surface area contributed by atoms with Gasteiger partial charge in [-0.3, -0.25) is 9.69 Å². The first kappa shape index (κ1) is 14.2. The third-order valence-electron chi connectivity index (χ3n) is 4.11. The van der Waals surface area contributed by atoms with Crippen LogP contribution in [0.1, 0.15) is 37.3 Å². The number of aliphatic carboxylic acids is 1. The van der Waals surface area contributed by atoms with E-state index in [1.807, 2.05) is 18.2 Å². The van der Waals surface area contributed by atoms with Gasteiger partial charge in [0.25, 0.3) is 0 Å². The van der Waals surface area contributed by atoms with Crippen LogP contribution in [0.2, 0.25) is 0 Å². The number of fused-ring (bicyclic) bond motifs is 1. The highest BCUT2D eigenvalue weighted by Crippen LogP contribution is 2.36. The Kier molecular flexibility index (Phi) is 4.29. The summed E-state index contributed by atoms with van der Waals surface area (Å²) in [4.78, 5) is 13.5. The summed E-state index contributed by atoms with van der Waals surface area (Å²) in [5.74, 6) is 0.727. The van der Waals surface area contributed by atoms with Crippen molar-refractivity contribution in [3.8, 4) is 11.5 Å². The smallest absolute Gasteiger partial charge is 0.305 e. The zero-order valence-electron chi connectivity index (χ0n) is 12.1. The standard InChI is InChI=1S/C16H21NO4/c18-16(19)11-13(17-6-1-2-7-17)12-4-5-14-15(10-12)21-9-3-8-20-14/h4-5,10,13H,1-3,6-9,11H2,(H,18,19). The number of ether oxygens (including phenoxy) is 2. The molecule has 0 bridgehead atoms. The Labute approximate surface area is 124 Å². The molecule has 5 heteroatoms. The highest BCUT2D eigenvalue weighted by Gasteiger charge is 2.26. The van der Waals surface area contributed by atoms with E-state index in [4.69, 9.17) is 9.47 Å². The number of likely N-dealkylation sites (tertiary alicyclic amines) is 1. The zero-order valence-corrected chi connectivity index (χ0v) is 12.1. The van der Waals surface area contributed by atoms with Gasteiger partial charge in [-0.05, 0) is 43.6 Å². The Hall–Kier alpha value is -1.75. The predicted molar refractivity (Wildman–Crippen MR) is 77.8 cm³/mol. The van der Waals surface area contributed by atoms with Gasteiger partial charge in [0.05, 0.1) is 19.6 Å². The number of hydrogen-bond donors (Lipinski definition) is 1. The molecule has 3 rings (SSSR count). The molecule has 1 N–H and O–H groups in total. The minimum absolute atomic E-state index is 0.0813. The van der Waals surface area contributed by atoms with Crippen molar-refractivity contribution in [1.82, 2.24) is 4.90 Å². The summed E-state index contributed by atoms with van der Waals surface area (Å²) in [5, 5.41) is 9.21. The largest absolute Gasteiger partial charge is 0.490 e. The summed E-state index contributed by atoms with van der Waals surface area (Å²) in [6.45, 7) is 3.24. The molecule has 1 fully saturated rings. The van der Waals surface area contributed by atoms with E-state index in [2.05, 4.69) is 4.90 Å².